The van der Waals surface area contributed by atoms with E-state index in [-0.39, 0.29) is 10.6 Å². The minimum Gasteiger partial charge on any atom is -0.497 e. The van der Waals surface area contributed by atoms with Gasteiger partial charge in [-0.25, -0.2) is 12.8 Å². The second-order valence-corrected chi connectivity index (χ2v) is 7.76. The molecule has 1 amide bonds. The maximum Gasteiger partial charge on any atom is 0.242 e. The second kappa shape index (κ2) is 7.94. The molecule has 134 valence electrons. The Kier molecular flexibility index (Phi) is 6.15. The first-order valence-electron chi connectivity index (χ1n) is 7.15. The molecule has 0 aliphatic heterocycles. The van der Waals surface area contributed by atoms with Gasteiger partial charge < -0.3 is 10.1 Å². The number of methoxy groups -OCH3 is 1. The Hall–Kier alpha value is -1.97. The molecule has 0 aromatic heterocycles. The van der Waals surface area contributed by atoms with Gasteiger partial charge in [-0.05, 0) is 49.4 Å². The fourth-order valence-corrected chi connectivity index (χ4v) is 3.48. The van der Waals surface area contributed by atoms with Gasteiger partial charge in [0, 0.05) is 4.47 Å². The lowest BCUT2D eigenvalue weighted by atomic mass is 10.2. The highest BCUT2D eigenvalue weighted by molar-refractivity contribution is 9.10. The molecule has 0 saturated heterocycles. The van der Waals surface area contributed by atoms with Crippen molar-refractivity contribution in [3.63, 3.8) is 0 Å². The third-order valence-corrected chi connectivity index (χ3v) is 5.33. The molecule has 0 fully saturated rings. The van der Waals surface area contributed by atoms with E-state index in [9.17, 15) is 17.6 Å². The number of sulfonamides is 1. The maximum atomic E-state index is 13.8. The molecule has 25 heavy (non-hydrogen) atoms. The number of carbonyl (C=O) groups is 1. The minimum atomic E-state index is -3.91. The lowest BCUT2D eigenvalue weighted by Crippen LogP contribution is -2.41. The monoisotopic (exact) mass is 430 g/mol. The van der Waals surface area contributed by atoms with Crippen LogP contribution < -0.4 is 14.8 Å². The Balaban J connectivity index is 2.08. The molecule has 2 aromatic rings. The van der Waals surface area contributed by atoms with E-state index in [0.717, 1.165) is 0 Å². The van der Waals surface area contributed by atoms with Crippen molar-refractivity contribution < 1.29 is 22.3 Å². The number of amides is 1. The number of anilines is 1. The predicted molar refractivity (Wildman–Crippen MR) is 95.5 cm³/mol. The second-order valence-electron chi connectivity index (χ2n) is 5.13. The van der Waals surface area contributed by atoms with Crippen LogP contribution in [0.1, 0.15) is 6.92 Å². The molecule has 0 heterocycles. The fraction of sp³-hybridized carbons (Fsp3) is 0.188. The van der Waals surface area contributed by atoms with E-state index in [1.54, 1.807) is 6.07 Å². The standard InChI is InChI=1S/C16H16BrFN2O4S/c1-10(16(21)19-15-8-3-11(17)9-14(15)18)20-25(22,23)13-6-4-12(24-2)5-7-13/h3-10,20H,1-2H3,(H,19,21)/t10-/m1/s1. The van der Waals surface area contributed by atoms with Gasteiger partial charge >= 0.3 is 0 Å². The van der Waals surface area contributed by atoms with Crippen LogP contribution in [-0.4, -0.2) is 27.5 Å². The summed E-state index contributed by atoms with van der Waals surface area (Å²) in [5.74, 6) is -0.804. The van der Waals surface area contributed by atoms with Crippen molar-refractivity contribution in [3.05, 3.63) is 52.8 Å². The number of nitrogens with one attached hydrogen (secondary N) is 2. The highest BCUT2D eigenvalue weighted by atomic mass is 79.9. The third kappa shape index (κ3) is 5.00. The molecule has 0 saturated carbocycles. The minimum absolute atomic E-state index is 0.0113. The SMILES string of the molecule is COc1ccc(S(=O)(=O)N[C@H](C)C(=O)Nc2ccc(Br)cc2F)cc1. The van der Waals surface area contributed by atoms with Crippen LogP contribution in [0.5, 0.6) is 5.75 Å². The molecule has 1 atom stereocenters. The summed E-state index contributed by atoms with van der Waals surface area (Å²) in [5.41, 5.74) is -0.0382. The normalized spacial score (nSPS) is 12.5. The predicted octanol–water partition coefficient (Wildman–Crippen LogP) is 2.90. The van der Waals surface area contributed by atoms with E-state index >= 15 is 0 Å². The lowest BCUT2D eigenvalue weighted by Gasteiger charge is -2.15. The number of ether oxygens (including phenoxy) is 1. The van der Waals surface area contributed by atoms with Crippen molar-refractivity contribution in [2.45, 2.75) is 17.9 Å². The van der Waals surface area contributed by atoms with Crippen LogP contribution in [0.15, 0.2) is 51.8 Å². The van der Waals surface area contributed by atoms with Crippen LogP contribution in [-0.2, 0) is 14.8 Å². The van der Waals surface area contributed by atoms with E-state index in [4.69, 9.17) is 4.74 Å². The topological polar surface area (TPSA) is 84.5 Å². The van der Waals surface area contributed by atoms with E-state index in [2.05, 4.69) is 26.0 Å². The quantitative estimate of drug-likeness (QED) is 0.737. The van der Waals surface area contributed by atoms with Crippen molar-refractivity contribution >= 4 is 37.5 Å². The molecule has 0 radical (unpaired) electrons. The summed E-state index contributed by atoms with van der Waals surface area (Å²) in [7, 11) is -2.44. The molecule has 0 unspecified atom stereocenters. The van der Waals surface area contributed by atoms with Gasteiger partial charge in [0.05, 0.1) is 23.7 Å². The fourth-order valence-electron chi connectivity index (χ4n) is 1.94. The molecule has 0 aliphatic carbocycles. The first kappa shape index (κ1) is 19.4. The summed E-state index contributed by atoms with van der Waals surface area (Å²) >= 11 is 3.11. The lowest BCUT2D eigenvalue weighted by molar-refractivity contribution is -0.117. The molecular formula is C16H16BrFN2O4S. The zero-order valence-electron chi connectivity index (χ0n) is 13.4. The molecule has 2 N–H and O–H groups in total. The number of benzene rings is 2. The Morgan fingerprint density at radius 2 is 1.84 bits per heavy atom. The van der Waals surface area contributed by atoms with Crippen LogP contribution in [0.2, 0.25) is 0 Å². The number of hydrogen-bond acceptors (Lipinski definition) is 4. The van der Waals surface area contributed by atoms with Crippen molar-refractivity contribution in [2.24, 2.45) is 0 Å². The Morgan fingerprint density at radius 3 is 2.40 bits per heavy atom. The number of hydrogen-bond donors (Lipinski definition) is 2. The van der Waals surface area contributed by atoms with E-state index in [0.29, 0.717) is 10.2 Å². The average molecular weight is 431 g/mol. The van der Waals surface area contributed by atoms with Gasteiger partial charge in [0.2, 0.25) is 15.9 Å². The third-order valence-electron chi connectivity index (χ3n) is 3.28. The smallest absolute Gasteiger partial charge is 0.242 e. The summed E-state index contributed by atoms with van der Waals surface area (Å²) < 4.78 is 46.1. The van der Waals surface area contributed by atoms with Crippen LogP contribution in [0.25, 0.3) is 0 Å². The summed E-state index contributed by atoms with van der Waals surface area (Å²) in [6.07, 6.45) is 0. The molecule has 0 aliphatic rings. The van der Waals surface area contributed by atoms with Crippen LogP contribution in [0.3, 0.4) is 0 Å². The van der Waals surface area contributed by atoms with Crippen molar-refractivity contribution in [2.75, 3.05) is 12.4 Å². The number of rotatable bonds is 6. The van der Waals surface area contributed by atoms with Gasteiger partial charge in [0.15, 0.2) is 0 Å². The van der Waals surface area contributed by atoms with E-state index < -0.39 is 27.8 Å². The van der Waals surface area contributed by atoms with Crippen LogP contribution >= 0.6 is 15.9 Å². The van der Waals surface area contributed by atoms with Gasteiger partial charge in [-0.3, -0.25) is 4.79 Å². The molecule has 0 bridgehead atoms. The zero-order chi connectivity index (χ0) is 18.6. The van der Waals surface area contributed by atoms with Crippen molar-refractivity contribution in [1.82, 2.24) is 4.72 Å². The Morgan fingerprint density at radius 1 is 1.20 bits per heavy atom. The first-order chi connectivity index (χ1) is 11.7. The van der Waals surface area contributed by atoms with Gasteiger partial charge in [0.1, 0.15) is 11.6 Å². The largest absolute Gasteiger partial charge is 0.497 e. The molecule has 2 aromatic carbocycles. The van der Waals surface area contributed by atoms with Gasteiger partial charge in [-0.2, -0.15) is 4.72 Å². The maximum absolute atomic E-state index is 13.8. The number of halogens is 2. The summed E-state index contributed by atoms with van der Waals surface area (Å²) in [6.45, 7) is 1.37. The van der Waals surface area contributed by atoms with Gasteiger partial charge in [-0.1, -0.05) is 15.9 Å². The first-order valence-corrected chi connectivity index (χ1v) is 9.43. The summed E-state index contributed by atoms with van der Waals surface area (Å²) in [6, 6.07) is 8.75. The molecule has 0 spiro atoms. The molecule has 9 heteroatoms. The van der Waals surface area contributed by atoms with E-state index in [1.165, 1.54) is 50.4 Å². The van der Waals surface area contributed by atoms with Crippen LogP contribution in [0, 0.1) is 5.82 Å². The summed E-state index contributed by atoms with van der Waals surface area (Å²) in [5, 5.41) is 2.35. The molecular weight excluding hydrogens is 415 g/mol. The summed E-state index contributed by atoms with van der Waals surface area (Å²) in [4.78, 5) is 12.1. The highest BCUT2D eigenvalue weighted by Gasteiger charge is 2.22. The molecule has 2 rings (SSSR count). The Labute approximate surface area is 153 Å². The zero-order valence-corrected chi connectivity index (χ0v) is 15.8. The van der Waals surface area contributed by atoms with Gasteiger partial charge in [0.25, 0.3) is 0 Å². The molecule has 6 nitrogen and oxygen atoms in total. The van der Waals surface area contributed by atoms with Crippen molar-refractivity contribution in [3.8, 4) is 5.75 Å². The highest BCUT2D eigenvalue weighted by Crippen LogP contribution is 2.20. The van der Waals surface area contributed by atoms with E-state index in [1.807, 2.05) is 0 Å². The van der Waals surface area contributed by atoms with Crippen LogP contribution in [0.4, 0.5) is 10.1 Å². The van der Waals surface area contributed by atoms with Gasteiger partial charge in [-0.15, -0.1) is 0 Å². The Bertz CT molecular complexity index is 872. The van der Waals surface area contributed by atoms with Crippen molar-refractivity contribution in [1.29, 1.82) is 0 Å². The number of carbonyl (C=O) groups excluding carboxylic acids is 1. The average Bonchev–Trinajstić information content (AvgIpc) is 2.57.